The maximum Gasteiger partial charge on any atom is 0.179 e. The first-order valence-corrected chi connectivity index (χ1v) is 8.38. The lowest BCUT2D eigenvalue weighted by Gasteiger charge is -2.41. The van der Waals surface area contributed by atoms with Crippen LogP contribution in [0, 0.1) is 11.3 Å². The van der Waals surface area contributed by atoms with Gasteiger partial charge in [-0.25, -0.2) is 0 Å². The molecule has 25 heavy (non-hydrogen) atoms. The Morgan fingerprint density at radius 3 is 2.76 bits per heavy atom. The number of Topliss-reactive ketones (excluding diaryl/α,β-unsaturated/α-hetero) is 1. The summed E-state index contributed by atoms with van der Waals surface area (Å²) in [6, 6.07) is 3.69. The van der Waals surface area contributed by atoms with Crippen LogP contribution in [0.4, 0.5) is 0 Å². The van der Waals surface area contributed by atoms with Crippen LogP contribution in [0.5, 0.6) is 0 Å². The molecule has 1 atom stereocenters. The first-order valence-electron chi connectivity index (χ1n) is 8.88. The van der Waals surface area contributed by atoms with E-state index < -0.39 is 6.08 Å². The Morgan fingerprint density at radius 2 is 2.20 bits per heavy atom. The van der Waals surface area contributed by atoms with E-state index in [0.29, 0.717) is 24.4 Å². The van der Waals surface area contributed by atoms with Crippen molar-refractivity contribution < 1.29 is 16.0 Å². The molecular formula is C19H23N3O3. The van der Waals surface area contributed by atoms with Crippen molar-refractivity contribution in [1.82, 2.24) is 9.88 Å². The summed E-state index contributed by atoms with van der Waals surface area (Å²) < 4.78 is 13.4. The first-order chi connectivity index (χ1) is 12.2. The zero-order valence-electron chi connectivity index (χ0n) is 15.8. The number of carbonyl (C=O) groups excluding carboxylic acids is 1. The molecule has 1 aliphatic heterocycles. The smallest absolute Gasteiger partial charge is 0.179 e. The number of piperidine rings is 1. The van der Waals surface area contributed by atoms with Gasteiger partial charge in [-0.05, 0) is 38.3 Å². The molecule has 1 aliphatic carbocycles. The maximum absolute atomic E-state index is 12.5. The van der Waals surface area contributed by atoms with Gasteiger partial charge in [-0.3, -0.25) is 9.78 Å². The molecule has 132 valence electrons. The molecule has 0 unspecified atom stereocenters. The van der Waals surface area contributed by atoms with Crippen molar-refractivity contribution in [1.29, 1.82) is 5.26 Å². The SMILES string of the molecule is [2H][C@](C)(O)c1cc2c(cn1)CC(=O)C(C#N)=C2N1CCC(C)(OC)CC1. The number of aliphatic hydroxyl groups is 1. The van der Waals surface area contributed by atoms with E-state index in [1.54, 1.807) is 13.2 Å². The zero-order valence-corrected chi connectivity index (χ0v) is 14.8. The summed E-state index contributed by atoms with van der Waals surface area (Å²) in [5.74, 6) is -0.220. The fourth-order valence-electron chi connectivity index (χ4n) is 3.42. The van der Waals surface area contributed by atoms with Crippen LogP contribution in [0.3, 0.4) is 0 Å². The molecule has 0 radical (unpaired) electrons. The molecule has 1 aromatic heterocycles. The normalized spacial score (nSPS) is 22.8. The number of ether oxygens (including phenoxy) is 1. The van der Waals surface area contributed by atoms with Gasteiger partial charge in [0.25, 0.3) is 0 Å². The lowest BCUT2D eigenvalue weighted by Crippen LogP contribution is -2.43. The van der Waals surface area contributed by atoms with Crippen LogP contribution in [0.1, 0.15) is 51.0 Å². The second-order valence-corrected chi connectivity index (χ2v) is 6.89. The Labute approximate surface area is 149 Å². The van der Waals surface area contributed by atoms with Gasteiger partial charge >= 0.3 is 0 Å². The highest BCUT2D eigenvalue weighted by Crippen LogP contribution is 2.36. The molecule has 0 aromatic carbocycles. The molecule has 0 spiro atoms. The summed E-state index contributed by atoms with van der Waals surface area (Å²) >= 11 is 0. The molecule has 2 aliphatic rings. The van der Waals surface area contributed by atoms with Crippen LogP contribution >= 0.6 is 0 Å². The minimum Gasteiger partial charge on any atom is -0.387 e. The summed E-state index contributed by atoms with van der Waals surface area (Å²) in [6.45, 7) is 4.72. The maximum atomic E-state index is 12.5. The average Bonchev–Trinajstić information content (AvgIpc) is 2.60. The molecular weight excluding hydrogens is 318 g/mol. The van der Waals surface area contributed by atoms with Gasteiger partial charge in [0, 0.05) is 38.4 Å². The van der Waals surface area contributed by atoms with Crippen LogP contribution in [0.15, 0.2) is 17.8 Å². The van der Waals surface area contributed by atoms with Gasteiger partial charge in [0.2, 0.25) is 0 Å². The quantitative estimate of drug-likeness (QED) is 0.904. The number of pyridine rings is 1. The fourth-order valence-corrected chi connectivity index (χ4v) is 3.42. The van der Waals surface area contributed by atoms with E-state index in [0.717, 1.165) is 18.4 Å². The molecule has 6 nitrogen and oxygen atoms in total. The number of hydrogen-bond donors (Lipinski definition) is 1. The number of nitrogens with zero attached hydrogens (tertiary/aromatic N) is 3. The Hall–Kier alpha value is -2.23. The van der Waals surface area contributed by atoms with E-state index >= 15 is 0 Å². The topological polar surface area (TPSA) is 86.5 Å². The number of methoxy groups -OCH3 is 1. The first kappa shape index (κ1) is 16.2. The van der Waals surface area contributed by atoms with E-state index in [9.17, 15) is 15.2 Å². The van der Waals surface area contributed by atoms with E-state index in [2.05, 4.69) is 18.0 Å². The predicted octanol–water partition coefficient (Wildman–Crippen LogP) is 2.00. The number of allylic oxidation sites excluding steroid dienone is 1. The van der Waals surface area contributed by atoms with Gasteiger partial charge < -0.3 is 14.7 Å². The minimum absolute atomic E-state index is 0.110. The monoisotopic (exact) mass is 342 g/mol. The predicted molar refractivity (Wildman–Crippen MR) is 92.3 cm³/mol. The largest absolute Gasteiger partial charge is 0.387 e. The summed E-state index contributed by atoms with van der Waals surface area (Å²) in [4.78, 5) is 18.6. The number of aromatic nitrogens is 1. The van der Waals surface area contributed by atoms with Crippen LogP contribution in [0.25, 0.3) is 5.70 Å². The molecule has 1 N–H and O–H groups in total. The van der Waals surface area contributed by atoms with E-state index in [4.69, 9.17) is 6.11 Å². The zero-order chi connectivity index (χ0) is 19.1. The van der Waals surface area contributed by atoms with Gasteiger partial charge in [-0.2, -0.15) is 5.26 Å². The highest BCUT2D eigenvalue weighted by atomic mass is 16.5. The lowest BCUT2D eigenvalue weighted by molar-refractivity contribution is -0.114. The summed E-state index contributed by atoms with van der Waals surface area (Å²) in [5, 5.41) is 19.6. The molecule has 1 fully saturated rings. The summed E-state index contributed by atoms with van der Waals surface area (Å²) in [7, 11) is 1.70. The molecule has 0 saturated carbocycles. The molecule has 1 saturated heterocycles. The third-order valence-corrected chi connectivity index (χ3v) is 5.22. The Kier molecular flexibility index (Phi) is 4.28. The van der Waals surface area contributed by atoms with Crippen LogP contribution < -0.4 is 0 Å². The third kappa shape index (κ3) is 3.17. The van der Waals surface area contributed by atoms with E-state index in [-0.39, 0.29) is 29.1 Å². The third-order valence-electron chi connectivity index (χ3n) is 5.22. The number of likely N-dealkylation sites (tertiary alicyclic amines) is 1. The van der Waals surface area contributed by atoms with Gasteiger partial charge in [0.05, 0.1) is 24.4 Å². The number of rotatable bonds is 3. The fraction of sp³-hybridized carbons (Fsp3) is 0.526. The van der Waals surface area contributed by atoms with Crippen molar-refractivity contribution in [3.63, 3.8) is 0 Å². The molecule has 1 aromatic rings. The van der Waals surface area contributed by atoms with Gasteiger partial charge in [0.1, 0.15) is 11.6 Å². The summed E-state index contributed by atoms with van der Waals surface area (Å²) in [6.07, 6.45) is 1.36. The van der Waals surface area contributed by atoms with Gasteiger partial charge in [0.15, 0.2) is 5.78 Å². The lowest BCUT2D eigenvalue weighted by atomic mass is 9.86. The highest BCUT2D eigenvalue weighted by Gasteiger charge is 2.35. The second-order valence-electron chi connectivity index (χ2n) is 6.89. The average molecular weight is 342 g/mol. The Balaban J connectivity index is 2.07. The number of nitriles is 1. The number of ketones is 1. The number of hydrogen-bond acceptors (Lipinski definition) is 6. The Morgan fingerprint density at radius 1 is 1.52 bits per heavy atom. The van der Waals surface area contributed by atoms with Crippen molar-refractivity contribution in [2.45, 2.75) is 44.8 Å². The van der Waals surface area contributed by atoms with Crippen LogP contribution in [0.2, 0.25) is 0 Å². The number of fused-ring (bicyclic) bond motifs is 1. The van der Waals surface area contributed by atoms with Crippen molar-refractivity contribution in [2.75, 3.05) is 20.2 Å². The van der Waals surface area contributed by atoms with Crippen molar-refractivity contribution >= 4 is 11.5 Å². The van der Waals surface area contributed by atoms with E-state index in [1.807, 2.05) is 4.90 Å². The van der Waals surface area contributed by atoms with Crippen LogP contribution in [-0.2, 0) is 16.0 Å². The molecule has 3 rings (SSSR count). The van der Waals surface area contributed by atoms with Gasteiger partial charge in [-0.15, -0.1) is 0 Å². The summed E-state index contributed by atoms with van der Waals surface area (Å²) in [5.41, 5.74) is 2.14. The Bertz CT molecular complexity index is 812. The highest BCUT2D eigenvalue weighted by molar-refractivity contribution is 6.09. The molecule has 2 heterocycles. The van der Waals surface area contributed by atoms with E-state index in [1.165, 1.54) is 13.1 Å². The molecule has 0 bridgehead atoms. The number of carbonyl (C=O) groups is 1. The van der Waals surface area contributed by atoms with Crippen molar-refractivity contribution in [3.8, 4) is 6.07 Å². The van der Waals surface area contributed by atoms with Crippen LogP contribution in [-0.4, -0.2) is 46.6 Å². The second kappa shape index (κ2) is 6.58. The van der Waals surface area contributed by atoms with Gasteiger partial charge in [-0.1, -0.05) is 0 Å². The molecule has 6 heteroatoms. The minimum atomic E-state index is -1.84. The standard InChI is InChI=1S/C19H23N3O3/c1-12(23)16-9-14-13(11-21-16)8-17(24)15(10-20)18(14)22-6-4-19(2,25-3)5-7-22/h9,11-12,23H,4-8H2,1-3H3/t12-/m1/s1/i12D. The molecule has 0 amide bonds. The van der Waals surface area contributed by atoms with Crippen molar-refractivity contribution in [3.05, 3.63) is 34.7 Å². The van der Waals surface area contributed by atoms with Crippen molar-refractivity contribution in [2.24, 2.45) is 0 Å².